The smallest absolute Gasteiger partial charge is 0.261 e. The highest BCUT2D eigenvalue weighted by Gasteiger charge is 2.29. The fraction of sp³-hybridized carbons (Fsp3) is 0.400. The molecule has 0 fully saturated rings. The van der Waals surface area contributed by atoms with E-state index in [4.69, 9.17) is 0 Å². The van der Waals surface area contributed by atoms with E-state index in [1.807, 2.05) is 41.5 Å². The third-order valence-corrected chi connectivity index (χ3v) is 5.42. The van der Waals surface area contributed by atoms with Crippen LogP contribution >= 0.6 is 0 Å². The number of aromatic hydroxyl groups is 1. The Hall–Kier alpha value is -2.01. The van der Waals surface area contributed by atoms with Gasteiger partial charge in [-0.3, -0.25) is 4.72 Å². The molecular formula is C20H27NO3S. The van der Waals surface area contributed by atoms with Crippen LogP contribution in [0.4, 0.5) is 5.69 Å². The second-order valence-corrected chi connectivity index (χ2v) is 9.99. The van der Waals surface area contributed by atoms with Crippen molar-refractivity contribution >= 4 is 15.7 Å². The number of phenols is 1. The average Bonchev–Trinajstić information content (AvgIpc) is 2.45. The Kier molecular flexibility index (Phi) is 4.92. The van der Waals surface area contributed by atoms with Crippen molar-refractivity contribution in [1.82, 2.24) is 0 Å². The summed E-state index contributed by atoms with van der Waals surface area (Å²) >= 11 is 0. The number of anilines is 1. The summed E-state index contributed by atoms with van der Waals surface area (Å²) in [7, 11) is -3.72. The molecule has 2 N–H and O–H groups in total. The van der Waals surface area contributed by atoms with Crippen LogP contribution in [-0.2, 0) is 20.9 Å². The van der Waals surface area contributed by atoms with Crippen molar-refractivity contribution in [3.05, 3.63) is 53.6 Å². The van der Waals surface area contributed by atoms with Gasteiger partial charge in [-0.1, -0.05) is 65.8 Å². The van der Waals surface area contributed by atoms with Crippen molar-refractivity contribution in [2.45, 2.75) is 57.3 Å². The van der Waals surface area contributed by atoms with Gasteiger partial charge in [0.1, 0.15) is 5.75 Å². The molecule has 25 heavy (non-hydrogen) atoms. The average molecular weight is 362 g/mol. The number of phenolic OH excluding ortho intramolecular Hbond substituents is 1. The lowest BCUT2D eigenvalue weighted by Crippen LogP contribution is -2.21. The van der Waals surface area contributed by atoms with E-state index in [1.54, 1.807) is 42.5 Å². The van der Waals surface area contributed by atoms with Crippen LogP contribution in [-0.4, -0.2) is 13.5 Å². The van der Waals surface area contributed by atoms with E-state index in [0.717, 1.165) is 5.56 Å². The van der Waals surface area contributed by atoms with Crippen molar-refractivity contribution in [3.63, 3.8) is 0 Å². The van der Waals surface area contributed by atoms with E-state index >= 15 is 0 Å². The van der Waals surface area contributed by atoms with Gasteiger partial charge in [0, 0.05) is 5.56 Å². The van der Waals surface area contributed by atoms with Crippen molar-refractivity contribution in [3.8, 4) is 5.75 Å². The molecule has 2 aromatic carbocycles. The molecule has 0 bridgehead atoms. The van der Waals surface area contributed by atoms with E-state index in [-0.39, 0.29) is 16.1 Å². The lowest BCUT2D eigenvalue weighted by Gasteiger charge is -2.29. The molecule has 2 aromatic rings. The summed E-state index contributed by atoms with van der Waals surface area (Å²) in [5.74, 6) is 0.147. The van der Waals surface area contributed by atoms with E-state index in [2.05, 4.69) is 4.72 Å². The molecule has 4 nitrogen and oxygen atoms in total. The van der Waals surface area contributed by atoms with Crippen molar-refractivity contribution in [2.75, 3.05) is 4.72 Å². The number of rotatable bonds is 3. The standard InChI is InChI=1S/C20H27NO3S/c1-19(2,3)15-12-13-16(17(18(15)22)20(4,5)6)21-25(23,24)14-10-8-7-9-11-14/h7-13,21-22H,1-6H3. The van der Waals surface area contributed by atoms with Gasteiger partial charge in [0.05, 0.1) is 10.6 Å². The number of hydrogen-bond acceptors (Lipinski definition) is 3. The third kappa shape index (κ3) is 4.15. The molecular weight excluding hydrogens is 334 g/mol. The summed E-state index contributed by atoms with van der Waals surface area (Å²) < 4.78 is 28.0. The molecule has 0 amide bonds. The minimum Gasteiger partial charge on any atom is -0.507 e. The Labute approximate surface area is 151 Å². The predicted octanol–water partition coefficient (Wildman–Crippen LogP) is 4.79. The monoisotopic (exact) mass is 361 g/mol. The molecule has 0 aliphatic carbocycles. The fourth-order valence-corrected chi connectivity index (χ4v) is 3.94. The van der Waals surface area contributed by atoms with E-state index < -0.39 is 15.4 Å². The zero-order valence-electron chi connectivity index (χ0n) is 15.7. The van der Waals surface area contributed by atoms with E-state index in [9.17, 15) is 13.5 Å². The Morgan fingerprint density at radius 1 is 0.840 bits per heavy atom. The molecule has 0 radical (unpaired) electrons. The first-order chi connectivity index (χ1) is 11.3. The summed E-state index contributed by atoms with van der Waals surface area (Å²) in [6, 6.07) is 11.7. The van der Waals surface area contributed by atoms with Gasteiger partial charge in [0.15, 0.2) is 0 Å². The summed E-state index contributed by atoms with van der Waals surface area (Å²) in [6.45, 7) is 11.9. The quantitative estimate of drug-likeness (QED) is 0.826. The van der Waals surface area contributed by atoms with Crippen molar-refractivity contribution in [2.24, 2.45) is 0 Å². The number of nitrogens with one attached hydrogen (secondary N) is 1. The van der Waals surface area contributed by atoms with Crippen LogP contribution in [0.25, 0.3) is 0 Å². The van der Waals surface area contributed by atoms with Crippen LogP contribution in [0.15, 0.2) is 47.4 Å². The van der Waals surface area contributed by atoms with Gasteiger partial charge in [-0.15, -0.1) is 0 Å². The van der Waals surface area contributed by atoms with Crippen LogP contribution < -0.4 is 4.72 Å². The van der Waals surface area contributed by atoms with Gasteiger partial charge in [-0.25, -0.2) is 8.42 Å². The van der Waals surface area contributed by atoms with Gasteiger partial charge >= 0.3 is 0 Å². The highest BCUT2D eigenvalue weighted by molar-refractivity contribution is 7.92. The Balaban J connectivity index is 2.61. The minimum absolute atomic E-state index is 0.147. The molecule has 0 spiro atoms. The number of sulfonamides is 1. The first-order valence-corrected chi connectivity index (χ1v) is 9.77. The van der Waals surface area contributed by atoms with Crippen LogP contribution in [0.1, 0.15) is 52.7 Å². The Bertz CT molecular complexity index is 858. The lowest BCUT2D eigenvalue weighted by atomic mass is 9.79. The normalized spacial score (nSPS) is 12.9. The summed E-state index contributed by atoms with van der Waals surface area (Å²) in [4.78, 5) is 0.189. The zero-order chi connectivity index (χ0) is 19.0. The minimum atomic E-state index is -3.72. The predicted molar refractivity (Wildman–Crippen MR) is 103 cm³/mol. The molecule has 0 atom stereocenters. The molecule has 0 aliphatic heterocycles. The molecule has 0 aromatic heterocycles. The van der Waals surface area contributed by atoms with E-state index in [0.29, 0.717) is 11.3 Å². The first-order valence-electron chi connectivity index (χ1n) is 8.29. The van der Waals surface area contributed by atoms with Gasteiger partial charge in [0.2, 0.25) is 0 Å². The summed E-state index contributed by atoms with van der Waals surface area (Å²) in [5.41, 5.74) is 1.11. The molecule has 0 unspecified atom stereocenters. The van der Waals surface area contributed by atoms with Crippen LogP contribution in [0, 0.1) is 0 Å². The van der Waals surface area contributed by atoms with Crippen LogP contribution in [0.3, 0.4) is 0 Å². The zero-order valence-corrected chi connectivity index (χ0v) is 16.5. The van der Waals surface area contributed by atoms with Gasteiger partial charge in [-0.05, 0) is 34.6 Å². The molecule has 0 aliphatic rings. The third-order valence-electron chi connectivity index (χ3n) is 4.03. The molecule has 136 valence electrons. The molecule has 0 saturated heterocycles. The van der Waals surface area contributed by atoms with Crippen molar-refractivity contribution in [1.29, 1.82) is 0 Å². The number of benzene rings is 2. The summed E-state index contributed by atoms with van der Waals surface area (Å²) in [5, 5.41) is 10.9. The maximum atomic E-state index is 12.7. The maximum absolute atomic E-state index is 12.7. The van der Waals surface area contributed by atoms with E-state index in [1.165, 1.54) is 0 Å². The molecule has 5 heteroatoms. The first kappa shape index (κ1) is 19.3. The Morgan fingerprint density at radius 2 is 1.40 bits per heavy atom. The fourth-order valence-electron chi connectivity index (χ4n) is 2.84. The van der Waals surface area contributed by atoms with Gasteiger partial charge in [-0.2, -0.15) is 0 Å². The van der Waals surface area contributed by atoms with Crippen LogP contribution in [0.2, 0.25) is 0 Å². The molecule has 0 saturated carbocycles. The lowest BCUT2D eigenvalue weighted by molar-refractivity contribution is 0.424. The molecule has 2 rings (SSSR count). The highest BCUT2D eigenvalue weighted by atomic mass is 32.2. The second-order valence-electron chi connectivity index (χ2n) is 8.30. The second kappa shape index (κ2) is 6.37. The topological polar surface area (TPSA) is 66.4 Å². The molecule has 0 heterocycles. The van der Waals surface area contributed by atoms with Crippen LogP contribution in [0.5, 0.6) is 5.75 Å². The maximum Gasteiger partial charge on any atom is 0.261 e. The summed E-state index contributed by atoms with van der Waals surface area (Å²) in [6.07, 6.45) is 0. The van der Waals surface area contributed by atoms with Crippen molar-refractivity contribution < 1.29 is 13.5 Å². The Morgan fingerprint density at radius 3 is 1.88 bits per heavy atom. The SMILES string of the molecule is CC(C)(C)c1ccc(NS(=O)(=O)c2ccccc2)c(C(C)(C)C)c1O. The van der Waals surface area contributed by atoms with Gasteiger partial charge in [0.25, 0.3) is 10.0 Å². The highest BCUT2D eigenvalue weighted by Crippen LogP contribution is 2.43. The number of hydrogen-bond donors (Lipinski definition) is 2. The largest absolute Gasteiger partial charge is 0.507 e. The van der Waals surface area contributed by atoms with Gasteiger partial charge < -0.3 is 5.11 Å².